The Balaban J connectivity index is 1.41. The van der Waals surface area contributed by atoms with Crippen molar-refractivity contribution < 1.29 is 9.53 Å². The van der Waals surface area contributed by atoms with Crippen LogP contribution in [0.1, 0.15) is 24.4 Å². The fourth-order valence-electron chi connectivity index (χ4n) is 2.74. The molecule has 1 aliphatic carbocycles. The molecule has 1 saturated carbocycles. The van der Waals surface area contributed by atoms with Gasteiger partial charge in [-0.25, -0.2) is 4.68 Å². The Hall–Kier alpha value is -2.93. The molecule has 0 aliphatic heterocycles. The average Bonchev–Trinajstić information content (AvgIpc) is 3.39. The Morgan fingerprint density at radius 3 is 2.93 bits per heavy atom. The predicted octanol–water partition coefficient (Wildman–Crippen LogP) is 3.65. The van der Waals surface area contributed by atoms with Crippen LogP contribution < -0.4 is 10.1 Å². The first-order chi connectivity index (χ1) is 13.1. The Kier molecular flexibility index (Phi) is 4.77. The number of carbonyl (C=O) groups is 1. The molecule has 1 aromatic heterocycles. The third-order valence-corrected chi connectivity index (χ3v) is 4.71. The van der Waals surface area contributed by atoms with E-state index < -0.39 is 0 Å². The first-order valence-electron chi connectivity index (χ1n) is 8.67. The quantitative estimate of drug-likeness (QED) is 0.702. The van der Waals surface area contributed by atoms with Crippen molar-refractivity contribution in [3.05, 3.63) is 53.1 Å². The van der Waals surface area contributed by atoms with Gasteiger partial charge in [0.1, 0.15) is 5.75 Å². The zero-order chi connectivity index (χ0) is 18.8. The van der Waals surface area contributed by atoms with Crippen molar-refractivity contribution in [2.45, 2.75) is 25.8 Å². The molecule has 0 spiro atoms. The number of aromatic nitrogens is 4. The van der Waals surface area contributed by atoms with Gasteiger partial charge in [0.25, 0.3) is 5.91 Å². The number of benzene rings is 2. The third-order valence-electron chi connectivity index (χ3n) is 4.29. The van der Waals surface area contributed by atoms with E-state index in [2.05, 4.69) is 20.8 Å². The predicted molar refractivity (Wildman–Crippen MR) is 102 cm³/mol. The number of carbonyl (C=O) groups excluding carboxylic acids is 1. The van der Waals surface area contributed by atoms with E-state index in [0.29, 0.717) is 28.3 Å². The topological polar surface area (TPSA) is 81.9 Å². The van der Waals surface area contributed by atoms with Crippen LogP contribution in [0.3, 0.4) is 0 Å². The summed E-state index contributed by atoms with van der Waals surface area (Å²) in [5.41, 5.74) is 2.42. The standard InChI is InChI=1S/C19H18ClN5O2/c1-12-9-16(7-8-17(12)20)27-11-18(26)21-14-4-2-3-13(10-14)19-22-23-24-25(19)15-5-6-15/h2-4,7-10,15H,5-6,11H2,1H3,(H,21,26). The minimum atomic E-state index is -0.249. The molecule has 0 unspecified atom stereocenters. The summed E-state index contributed by atoms with van der Waals surface area (Å²) in [5, 5.41) is 15.4. The van der Waals surface area contributed by atoms with Gasteiger partial charge in [-0.3, -0.25) is 4.79 Å². The largest absolute Gasteiger partial charge is 0.484 e. The number of hydrogen-bond acceptors (Lipinski definition) is 5. The summed E-state index contributed by atoms with van der Waals surface area (Å²) in [6.07, 6.45) is 2.19. The van der Waals surface area contributed by atoms with Crippen LogP contribution >= 0.6 is 11.6 Å². The van der Waals surface area contributed by atoms with E-state index in [0.717, 1.165) is 24.0 Å². The Labute approximate surface area is 161 Å². The van der Waals surface area contributed by atoms with Crippen molar-refractivity contribution in [3.63, 3.8) is 0 Å². The number of aryl methyl sites for hydroxylation is 1. The van der Waals surface area contributed by atoms with Gasteiger partial charge in [0.05, 0.1) is 6.04 Å². The first kappa shape index (κ1) is 17.5. The average molecular weight is 384 g/mol. The van der Waals surface area contributed by atoms with Gasteiger partial charge in [0.15, 0.2) is 12.4 Å². The first-order valence-corrected chi connectivity index (χ1v) is 9.05. The molecular formula is C19H18ClN5O2. The summed E-state index contributed by atoms with van der Waals surface area (Å²) < 4.78 is 7.37. The number of amides is 1. The maximum atomic E-state index is 12.2. The van der Waals surface area contributed by atoms with Gasteiger partial charge in [-0.05, 0) is 66.1 Å². The Bertz CT molecular complexity index is 984. The second kappa shape index (κ2) is 7.36. The highest BCUT2D eigenvalue weighted by Crippen LogP contribution is 2.36. The van der Waals surface area contributed by atoms with Crippen LogP contribution in [0.2, 0.25) is 5.02 Å². The minimum absolute atomic E-state index is 0.0922. The van der Waals surface area contributed by atoms with Crippen LogP contribution in [0.15, 0.2) is 42.5 Å². The van der Waals surface area contributed by atoms with Gasteiger partial charge in [0.2, 0.25) is 0 Å². The number of tetrazole rings is 1. The number of nitrogens with one attached hydrogen (secondary N) is 1. The van der Waals surface area contributed by atoms with Crippen molar-refractivity contribution in [1.29, 1.82) is 0 Å². The molecule has 4 rings (SSSR count). The van der Waals surface area contributed by atoms with E-state index in [1.165, 1.54) is 0 Å². The summed E-state index contributed by atoms with van der Waals surface area (Å²) in [4.78, 5) is 12.2. The minimum Gasteiger partial charge on any atom is -0.484 e. The zero-order valence-electron chi connectivity index (χ0n) is 14.7. The lowest BCUT2D eigenvalue weighted by Crippen LogP contribution is -2.20. The normalized spacial score (nSPS) is 13.4. The highest BCUT2D eigenvalue weighted by molar-refractivity contribution is 6.31. The number of halogens is 1. The van der Waals surface area contributed by atoms with Crippen LogP contribution in [0.5, 0.6) is 5.75 Å². The van der Waals surface area contributed by atoms with Crippen LogP contribution in [0, 0.1) is 6.92 Å². The molecule has 1 fully saturated rings. The number of rotatable bonds is 6. The highest BCUT2D eigenvalue weighted by Gasteiger charge is 2.28. The number of nitrogens with zero attached hydrogens (tertiary/aromatic N) is 4. The SMILES string of the molecule is Cc1cc(OCC(=O)Nc2cccc(-c3nnnn3C3CC3)c2)ccc1Cl. The summed E-state index contributed by atoms with van der Waals surface area (Å²) in [6.45, 7) is 1.79. The third kappa shape index (κ3) is 4.09. The molecule has 2 aromatic carbocycles. The van der Waals surface area contributed by atoms with E-state index in [4.69, 9.17) is 16.3 Å². The summed E-state index contributed by atoms with van der Waals surface area (Å²) in [6, 6.07) is 13.1. The molecule has 1 N–H and O–H groups in total. The number of ether oxygens (including phenoxy) is 1. The van der Waals surface area contributed by atoms with Crippen LogP contribution in [-0.2, 0) is 4.79 Å². The monoisotopic (exact) mass is 383 g/mol. The number of anilines is 1. The van der Waals surface area contributed by atoms with E-state index in [9.17, 15) is 4.79 Å². The van der Waals surface area contributed by atoms with Crippen molar-refractivity contribution in [3.8, 4) is 17.1 Å². The van der Waals surface area contributed by atoms with Gasteiger partial charge in [-0.1, -0.05) is 23.7 Å². The molecular weight excluding hydrogens is 366 g/mol. The molecule has 1 aliphatic rings. The number of hydrogen-bond donors (Lipinski definition) is 1. The van der Waals surface area contributed by atoms with Crippen molar-refractivity contribution in [1.82, 2.24) is 20.2 Å². The maximum Gasteiger partial charge on any atom is 0.262 e. The molecule has 138 valence electrons. The fraction of sp³-hybridized carbons (Fsp3) is 0.263. The molecule has 0 radical (unpaired) electrons. The molecule has 1 amide bonds. The lowest BCUT2D eigenvalue weighted by Gasteiger charge is -2.10. The Morgan fingerprint density at radius 1 is 1.30 bits per heavy atom. The van der Waals surface area contributed by atoms with E-state index in [-0.39, 0.29) is 12.5 Å². The molecule has 1 heterocycles. The Morgan fingerprint density at radius 2 is 2.15 bits per heavy atom. The summed E-state index contributed by atoms with van der Waals surface area (Å²) >= 11 is 5.99. The van der Waals surface area contributed by atoms with Crippen LogP contribution in [-0.4, -0.2) is 32.7 Å². The molecule has 8 heteroatoms. The molecule has 0 saturated heterocycles. The van der Waals surface area contributed by atoms with Crippen LogP contribution in [0.25, 0.3) is 11.4 Å². The van der Waals surface area contributed by atoms with Crippen molar-refractivity contribution in [2.75, 3.05) is 11.9 Å². The van der Waals surface area contributed by atoms with E-state index >= 15 is 0 Å². The fourth-order valence-corrected chi connectivity index (χ4v) is 2.86. The second-order valence-electron chi connectivity index (χ2n) is 6.51. The van der Waals surface area contributed by atoms with Crippen LogP contribution in [0.4, 0.5) is 5.69 Å². The van der Waals surface area contributed by atoms with Gasteiger partial charge in [-0.15, -0.1) is 5.10 Å². The molecule has 0 atom stereocenters. The summed E-state index contributed by atoms with van der Waals surface area (Å²) in [7, 11) is 0. The lowest BCUT2D eigenvalue weighted by atomic mass is 10.2. The lowest BCUT2D eigenvalue weighted by molar-refractivity contribution is -0.118. The zero-order valence-corrected chi connectivity index (χ0v) is 15.5. The maximum absolute atomic E-state index is 12.2. The molecule has 3 aromatic rings. The van der Waals surface area contributed by atoms with Gasteiger partial charge < -0.3 is 10.1 Å². The van der Waals surface area contributed by atoms with E-state index in [1.807, 2.05) is 35.9 Å². The second-order valence-corrected chi connectivity index (χ2v) is 6.91. The van der Waals surface area contributed by atoms with Gasteiger partial charge in [-0.2, -0.15) is 0 Å². The smallest absolute Gasteiger partial charge is 0.262 e. The van der Waals surface area contributed by atoms with Gasteiger partial charge in [0, 0.05) is 16.3 Å². The molecule has 7 nitrogen and oxygen atoms in total. The van der Waals surface area contributed by atoms with E-state index in [1.54, 1.807) is 18.2 Å². The van der Waals surface area contributed by atoms with Gasteiger partial charge >= 0.3 is 0 Å². The molecule has 27 heavy (non-hydrogen) atoms. The summed E-state index contributed by atoms with van der Waals surface area (Å²) in [5.74, 6) is 1.06. The highest BCUT2D eigenvalue weighted by atomic mass is 35.5. The van der Waals surface area contributed by atoms with Crippen molar-refractivity contribution in [2.24, 2.45) is 0 Å². The van der Waals surface area contributed by atoms with Crippen molar-refractivity contribution >= 4 is 23.2 Å². The molecule has 0 bridgehead atoms.